The predicted octanol–water partition coefficient (Wildman–Crippen LogP) is 3.66. The molecule has 9 nitrogen and oxygen atoms in total. The highest BCUT2D eigenvalue weighted by Crippen LogP contribution is 2.41. The van der Waals surface area contributed by atoms with Gasteiger partial charge in [0.15, 0.2) is 16.6 Å². The summed E-state index contributed by atoms with van der Waals surface area (Å²) in [4.78, 5) is 31.6. The average molecular weight is 495 g/mol. The smallest absolute Gasteiger partial charge is 0.229 e. The maximum atomic E-state index is 12.9. The van der Waals surface area contributed by atoms with E-state index in [9.17, 15) is 4.79 Å². The zero-order valence-corrected chi connectivity index (χ0v) is 19.6. The van der Waals surface area contributed by atoms with Gasteiger partial charge in [0, 0.05) is 35.3 Å². The Morgan fingerprint density at radius 2 is 2.00 bits per heavy atom. The molecule has 0 spiro atoms. The molecule has 1 saturated carbocycles. The lowest BCUT2D eigenvalue weighted by molar-refractivity contribution is -0.120. The molecule has 2 bridgehead atoms. The number of hydrogen-bond donors (Lipinski definition) is 3. The zero-order valence-electron chi connectivity index (χ0n) is 17.3. The van der Waals surface area contributed by atoms with Crippen molar-refractivity contribution in [1.29, 1.82) is 0 Å². The Morgan fingerprint density at radius 1 is 1.19 bits per heavy atom. The minimum Gasteiger partial charge on any atom is -0.382 e. The molecule has 5 heterocycles. The van der Waals surface area contributed by atoms with Gasteiger partial charge in [-0.1, -0.05) is 11.3 Å². The number of anilines is 2. The van der Waals surface area contributed by atoms with E-state index >= 15 is 0 Å². The van der Waals surface area contributed by atoms with E-state index < -0.39 is 0 Å². The van der Waals surface area contributed by atoms with Crippen LogP contribution in [0.15, 0.2) is 6.33 Å². The Labute approximate surface area is 200 Å². The van der Waals surface area contributed by atoms with Crippen molar-refractivity contribution in [3.63, 3.8) is 0 Å². The first-order chi connectivity index (χ1) is 15.0. The number of nitrogens with one attached hydrogen (secondary N) is 2. The highest BCUT2D eigenvalue weighted by atomic mass is 35.5. The second-order valence-corrected chi connectivity index (χ2v) is 10.1. The van der Waals surface area contributed by atoms with Crippen molar-refractivity contribution in [2.75, 3.05) is 11.1 Å². The van der Waals surface area contributed by atoms with Crippen LogP contribution in [0.5, 0.6) is 0 Å². The van der Waals surface area contributed by atoms with Gasteiger partial charge in [0.05, 0.1) is 12.0 Å². The van der Waals surface area contributed by atoms with Gasteiger partial charge in [0.2, 0.25) is 11.2 Å². The van der Waals surface area contributed by atoms with Crippen LogP contribution in [0.25, 0.3) is 11.2 Å². The number of amides is 1. The summed E-state index contributed by atoms with van der Waals surface area (Å²) < 4.78 is 2.02. The van der Waals surface area contributed by atoms with Crippen LogP contribution in [0.3, 0.4) is 0 Å². The molecule has 0 aromatic carbocycles. The minimum absolute atomic E-state index is 0. The van der Waals surface area contributed by atoms with Crippen LogP contribution in [-0.2, 0) is 11.2 Å². The third-order valence-corrected chi connectivity index (χ3v) is 8.13. The lowest BCUT2D eigenvalue weighted by Crippen LogP contribution is -2.31. The monoisotopic (exact) mass is 494 g/mol. The van der Waals surface area contributed by atoms with Gasteiger partial charge in [0.1, 0.15) is 5.52 Å². The van der Waals surface area contributed by atoms with Gasteiger partial charge >= 0.3 is 0 Å². The van der Waals surface area contributed by atoms with Crippen LogP contribution < -0.4 is 16.4 Å². The minimum atomic E-state index is -0.00942. The number of nitrogens with zero attached hydrogens (tertiary/aromatic N) is 5. The van der Waals surface area contributed by atoms with Crippen molar-refractivity contribution in [2.24, 2.45) is 5.92 Å². The Balaban J connectivity index is 0.00000216. The SMILES string of the molecule is Cl.Nc1nc(Cl)nc2c1ncn2[C@H]1CC[C@@H](C(=O)Nc2nc3c(s2)[C@H]2CC[C@@H](C3)N2)CC1. The Hall–Kier alpha value is -2.01. The summed E-state index contributed by atoms with van der Waals surface area (Å²) in [6.45, 7) is 0. The summed E-state index contributed by atoms with van der Waals surface area (Å²) in [6.07, 6.45) is 8.46. The van der Waals surface area contributed by atoms with Gasteiger partial charge in [-0.05, 0) is 50.1 Å². The lowest BCUT2D eigenvalue weighted by Gasteiger charge is -2.28. The number of nitrogen functional groups attached to an aromatic ring is 1. The molecule has 6 rings (SSSR count). The van der Waals surface area contributed by atoms with Gasteiger partial charge in [-0.15, -0.1) is 12.4 Å². The molecule has 170 valence electrons. The fourth-order valence-corrected chi connectivity index (χ4v) is 6.52. The molecular formula is C20H24Cl2N8OS. The Morgan fingerprint density at radius 3 is 2.81 bits per heavy atom. The fraction of sp³-hybridized carbons (Fsp3) is 0.550. The van der Waals surface area contributed by atoms with Crippen LogP contribution in [0.1, 0.15) is 61.2 Å². The molecule has 0 radical (unpaired) electrons. The van der Waals surface area contributed by atoms with Crippen molar-refractivity contribution in [2.45, 2.75) is 63.1 Å². The normalized spacial score (nSPS) is 26.5. The molecule has 2 aliphatic heterocycles. The van der Waals surface area contributed by atoms with Crippen LogP contribution in [0, 0.1) is 5.92 Å². The van der Waals surface area contributed by atoms with Crippen molar-refractivity contribution in [1.82, 2.24) is 29.8 Å². The molecule has 1 aliphatic carbocycles. The largest absolute Gasteiger partial charge is 0.382 e. The van der Waals surface area contributed by atoms with Crippen LogP contribution in [-0.4, -0.2) is 36.5 Å². The number of fused-ring (bicyclic) bond motifs is 5. The van der Waals surface area contributed by atoms with Gasteiger partial charge in [-0.25, -0.2) is 9.97 Å². The van der Waals surface area contributed by atoms with Crippen molar-refractivity contribution in [3.8, 4) is 0 Å². The lowest BCUT2D eigenvalue weighted by atomic mass is 9.85. The number of imidazole rings is 1. The van der Waals surface area contributed by atoms with Gasteiger partial charge in [0.25, 0.3) is 0 Å². The van der Waals surface area contributed by atoms with Crippen LogP contribution in [0.2, 0.25) is 5.28 Å². The standard InChI is InChI=1S/C20H23ClN8OS.ClH/c21-19-26-16(22)14-17(27-19)29(8-23-14)11-4-1-9(2-5-11)18(30)28-20-25-13-7-10-3-6-12(24-10)15(13)31-20;/h8-12,24H,1-7H2,(H2,22,26,27)(H,25,28,30);1H/t9-,10-,11+,12+;/m0./s1. The number of carbonyl (C=O) groups is 1. The molecular weight excluding hydrogens is 471 g/mol. The fourth-order valence-electron chi connectivity index (χ4n) is 5.26. The third kappa shape index (κ3) is 3.72. The van der Waals surface area contributed by atoms with Crippen molar-refractivity contribution >= 4 is 63.4 Å². The van der Waals surface area contributed by atoms with Crippen LogP contribution in [0.4, 0.5) is 10.9 Å². The number of rotatable bonds is 3. The van der Waals surface area contributed by atoms with Crippen molar-refractivity contribution < 1.29 is 4.79 Å². The summed E-state index contributed by atoms with van der Waals surface area (Å²) >= 11 is 7.62. The summed E-state index contributed by atoms with van der Waals surface area (Å²) in [5.41, 5.74) is 8.31. The number of halogens is 2. The molecule has 0 unspecified atom stereocenters. The molecule has 32 heavy (non-hydrogen) atoms. The Kier molecular flexibility index (Phi) is 5.73. The van der Waals surface area contributed by atoms with E-state index in [0.29, 0.717) is 23.2 Å². The Bertz CT molecular complexity index is 1170. The molecule has 2 atom stereocenters. The van der Waals surface area contributed by atoms with Gasteiger partial charge in [-0.2, -0.15) is 9.97 Å². The number of aromatic nitrogens is 5. The first kappa shape index (κ1) is 21.8. The first-order valence-corrected chi connectivity index (χ1v) is 12.0. The molecule has 1 saturated heterocycles. The number of thiazole rings is 1. The van der Waals surface area contributed by atoms with E-state index in [1.165, 1.54) is 23.4 Å². The summed E-state index contributed by atoms with van der Waals surface area (Å²) in [5.74, 6) is 0.356. The average Bonchev–Trinajstić information content (AvgIpc) is 3.46. The van der Waals surface area contributed by atoms with E-state index in [-0.39, 0.29) is 41.4 Å². The first-order valence-electron chi connectivity index (χ1n) is 10.8. The van der Waals surface area contributed by atoms with Crippen molar-refractivity contribution in [3.05, 3.63) is 22.2 Å². The summed E-state index contributed by atoms with van der Waals surface area (Å²) in [6, 6.07) is 1.19. The van der Waals surface area contributed by atoms with E-state index in [0.717, 1.165) is 37.2 Å². The van der Waals surface area contributed by atoms with E-state index in [1.807, 2.05) is 4.57 Å². The number of nitrogens with two attached hydrogens (primary N) is 1. The molecule has 4 N–H and O–H groups in total. The van der Waals surface area contributed by atoms with E-state index in [2.05, 4.69) is 25.6 Å². The van der Waals surface area contributed by atoms with Gasteiger partial charge in [-0.3, -0.25) is 4.79 Å². The quantitative estimate of drug-likeness (QED) is 0.474. The number of hydrogen-bond acceptors (Lipinski definition) is 8. The molecule has 3 aromatic heterocycles. The molecule has 3 aliphatic rings. The third-order valence-electron chi connectivity index (χ3n) is 6.84. The highest BCUT2D eigenvalue weighted by molar-refractivity contribution is 7.16. The van der Waals surface area contributed by atoms with E-state index in [1.54, 1.807) is 17.7 Å². The zero-order chi connectivity index (χ0) is 21.1. The molecule has 2 fully saturated rings. The predicted molar refractivity (Wildman–Crippen MR) is 126 cm³/mol. The highest BCUT2D eigenvalue weighted by Gasteiger charge is 2.35. The summed E-state index contributed by atoms with van der Waals surface area (Å²) in [5, 5.41) is 7.59. The number of carbonyl (C=O) groups excluding carboxylic acids is 1. The van der Waals surface area contributed by atoms with E-state index in [4.69, 9.17) is 22.3 Å². The molecule has 1 amide bonds. The second-order valence-electron chi connectivity index (χ2n) is 8.72. The molecule has 12 heteroatoms. The van der Waals surface area contributed by atoms with Crippen LogP contribution >= 0.6 is 35.3 Å². The molecule has 3 aromatic rings. The summed E-state index contributed by atoms with van der Waals surface area (Å²) in [7, 11) is 0. The van der Waals surface area contributed by atoms with Gasteiger partial charge < -0.3 is 20.9 Å². The maximum Gasteiger partial charge on any atom is 0.229 e. The second kappa shape index (κ2) is 8.40. The topological polar surface area (TPSA) is 124 Å². The maximum absolute atomic E-state index is 12.9.